The van der Waals surface area contributed by atoms with E-state index in [0.717, 1.165) is 73.4 Å². The summed E-state index contributed by atoms with van der Waals surface area (Å²) in [5.74, 6) is 0.810. The number of rotatable bonds is 4. The molecule has 1 N–H and O–H groups in total. The Hall–Kier alpha value is -4.92. The minimum Gasteiger partial charge on any atom is -0.444 e. The maximum atomic E-state index is 13.0. The molecule has 2 saturated heterocycles. The van der Waals surface area contributed by atoms with Crippen LogP contribution in [0.4, 0.5) is 15.3 Å². The second-order valence-electron chi connectivity index (χ2n) is 16.7. The van der Waals surface area contributed by atoms with E-state index in [1.807, 2.05) is 52.6 Å². The molecular weight excluding hydrogens is 651 g/mol. The van der Waals surface area contributed by atoms with Gasteiger partial charge in [-0.25, -0.2) is 14.6 Å². The van der Waals surface area contributed by atoms with E-state index in [2.05, 4.69) is 59.6 Å². The number of benzene rings is 3. The van der Waals surface area contributed by atoms with E-state index in [1.54, 1.807) is 4.90 Å². The number of hydrogen-bond donors (Lipinski definition) is 1. The number of aromatic amines is 1. The smallest absolute Gasteiger partial charge is 0.410 e. The molecule has 1 aliphatic carbocycles. The Morgan fingerprint density at radius 1 is 0.712 bits per heavy atom. The molecule has 0 unspecified atom stereocenters. The van der Waals surface area contributed by atoms with Crippen molar-refractivity contribution in [3.63, 3.8) is 0 Å². The lowest BCUT2D eigenvalue weighted by Gasteiger charge is -2.28. The van der Waals surface area contributed by atoms with Gasteiger partial charge in [0.2, 0.25) is 0 Å². The minimum atomic E-state index is -0.534. The van der Waals surface area contributed by atoms with Crippen LogP contribution in [0.25, 0.3) is 33.5 Å². The van der Waals surface area contributed by atoms with Crippen molar-refractivity contribution >= 4 is 23.6 Å². The Labute approximate surface area is 306 Å². The van der Waals surface area contributed by atoms with Gasteiger partial charge in [0.15, 0.2) is 0 Å². The van der Waals surface area contributed by atoms with E-state index in [-0.39, 0.29) is 24.3 Å². The van der Waals surface area contributed by atoms with Crippen molar-refractivity contribution in [2.45, 2.75) is 110 Å². The third kappa shape index (κ3) is 6.73. The van der Waals surface area contributed by atoms with Gasteiger partial charge in [0, 0.05) is 25.2 Å². The zero-order valence-electron chi connectivity index (χ0n) is 31.2. The molecule has 0 bridgehead atoms. The lowest BCUT2D eigenvalue weighted by Crippen LogP contribution is -2.43. The third-order valence-electron chi connectivity index (χ3n) is 10.6. The number of nitrogens with zero attached hydrogens (tertiary/aromatic N) is 4. The fourth-order valence-electron chi connectivity index (χ4n) is 8.24. The summed E-state index contributed by atoms with van der Waals surface area (Å²) in [6, 6.07) is 20.0. The van der Waals surface area contributed by atoms with Crippen LogP contribution in [-0.2, 0) is 28.7 Å². The first kappa shape index (κ1) is 34.2. The maximum absolute atomic E-state index is 13.0. The lowest BCUT2D eigenvalue weighted by molar-refractivity contribution is 0.0216. The molecule has 52 heavy (non-hydrogen) atoms. The van der Waals surface area contributed by atoms with Crippen molar-refractivity contribution in [3.05, 3.63) is 83.3 Å². The number of likely N-dealkylation sites (tertiary alicyclic amines) is 2. The van der Waals surface area contributed by atoms with Crippen molar-refractivity contribution in [1.82, 2.24) is 19.8 Å². The first-order valence-electron chi connectivity index (χ1n) is 18.8. The Morgan fingerprint density at radius 3 is 1.88 bits per heavy atom. The van der Waals surface area contributed by atoms with Gasteiger partial charge in [-0.3, -0.25) is 14.8 Å². The number of nitrogens with one attached hydrogen (secondary N) is 1. The molecule has 0 saturated carbocycles. The van der Waals surface area contributed by atoms with E-state index in [0.29, 0.717) is 13.1 Å². The number of imidazole rings is 1. The van der Waals surface area contributed by atoms with Crippen LogP contribution < -0.4 is 0 Å². The van der Waals surface area contributed by atoms with Crippen molar-refractivity contribution in [3.8, 4) is 33.5 Å². The molecule has 9 nitrogen and oxygen atoms in total. The molecule has 4 aromatic rings. The second-order valence-corrected chi connectivity index (χ2v) is 16.7. The van der Waals surface area contributed by atoms with Crippen LogP contribution in [-0.4, -0.2) is 68.0 Å². The minimum absolute atomic E-state index is 0.00725. The molecule has 1 aromatic heterocycles. The van der Waals surface area contributed by atoms with E-state index < -0.39 is 11.2 Å². The van der Waals surface area contributed by atoms with Gasteiger partial charge < -0.3 is 14.5 Å². The highest BCUT2D eigenvalue weighted by Crippen LogP contribution is 2.40. The number of H-pyrrole nitrogens is 1. The average Bonchev–Trinajstić information content (AvgIpc) is 3.91. The molecule has 270 valence electrons. The Bertz CT molecular complexity index is 2080. The SMILES string of the molecule is CC(C)(C)OC(=O)N1CCC[C@H]1C1=Nc2ccc(-c3ccc4c(c3)CCc3cc(-c5cnc([C@@H]6CCCN6C(=O)OC(C)(C)C)[nH]5)ccc3-4)cc2C1. The molecule has 4 heterocycles. The number of aryl methyl sites for hydroxylation is 2. The Kier molecular flexibility index (Phi) is 8.50. The van der Waals surface area contributed by atoms with E-state index in [9.17, 15) is 9.59 Å². The standard InChI is InChI=1S/C43H49N5O4/c1-42(2,3)51-40(49)47-19-7-9-37(47)35-24-31-22-27(15-18-34(31)45-35)26-13-16-32-28(21-26)11-12-29-23-30(14-17-33(29)32)36-25-44-39(46-36)38-10-8-20-48(38)41(50)52-43(4,5)6/h13-18,21-23,25,37-38H,7-12,19-20,24H2,1-6H3,(H,44,46)/t37-,38-/m0/s1. The van der Waals surface area contributed by atoms with Gasteiger partial charge in [-0.1, -0.05) is 36.4 Å². The van der Waals surface area contributed by atoms with E-state index in [4.69, 9.17) is 19.5 Å². The van der Waals surface area contributed by atoms with Crippen LogP contribution >= 0.6 is 0 Å². The Balaban J connectivity index is 0.967. The molecular formula is C43H49N5O4. The van der Waals surface area contributed by atoms with Gasteiger partial charge in [-0.2, -0.15) is 0 Å². The summed E-state index contributed by atoms with van der Waals surface area (Å²) in [4.78, 5) is 42.8. The lowest BCUT2D eigenvalue weighted by atomic mass is 9.83. The molecule has 9 heteroatoms. The van der Waals surface area contributed by atoms with Crippen molar-refractivity contribution in [2.24, 2.45) is 4.99 Å². The monoisotopic (exact) mass is 699 g/mol. The van der Waals surface area contributed by atoms with Crippen LogP contribution in [0.15, 0.2) is 65.8 Å². The maximum Gasteiger partial charge on any atom is 0.410 e. The normalized spacial score (nSPS) is 19.6. The quantitative estimate of drug-likeness (QED) is 0.229. The molecule has 3 aromatic carbocycles. The van der Waals surface area contributed by atoms with Gasteiger partial charge in [-0.15, -0.1) is 0 Å². The van der Waals surface area contributed by atoms with E-state index in [1.165, 1.54) is 38.9 Å². The zero-order chi connectivity index (χ0) is 36.4. The number of ether oxygens (including phenoxy) is 2. The van der Waals surface area contributed by atoms with Crippen LogP contribution in [0.1, 0.15) is 95.8 Å². The summed E-state index contributed by atoms with van der Waals surface area (Å²) in [6.45, 7) is 12.8. The molecule has 0 radical (unpaired) electrons. The molecule has 8 rings (SSSR count). The van der Waals surface area contributed by atoms with Crippen LogP contribution in [0, 0.1) is 0 Å². The predicted molar refractivity (Wildman–Crippen MR) is 204 cm³/mol. The van der Waals surface area contributed by atoms with Gasteiger partial charge in [-0.05, 0) is 143 Å². The van der Waals surface area contributed by atoms with Crippen LogP contribution in [0.5, 0.6) is 0 Å². The highest BCUT2D eigenvalue weighted by atomic mass is 16.6. The van der Waals surface area contributed by atoms with Gasteiger partial charge in [0.25, 0.3) is 0 Å². The summed E-state index contributed by atoms with van der Waals surface area (Å²) >= 11 is 0. The summed E-state index contributed by atoms with van der Waals surface area (Å²) in [5.41, 5.74) is 12.0. The van der Waals surface area contributed by atoms with Crippen molar-refractivity contribution in [2.75, 3.05) is 13.1 Å². The number of amides is 2. The average molecular weight is 700 g/mol. The van der Waals surface area contributed by atoms with Gasteiger partial charge in [0.1, 0.15) is 17.0 Å². The number of fused-ring (bicyclic) bond motifs is 4. The third-order valence-corrected chi connectivity index (χ3v) is 10.6. The number of carbonyl (C=O) groups excluding carboxylic acids is 2. The summed E-state index contributed by atoms with van der Waals surface area (Å²) in [5, 5.41) is 0. The number of hydrogen-bond acceptors (Lipinski definition) is 6. The molecule has 2 atom stereocenters. The molecule has 2 fully saturated rings. The molecule has 4 aliphatic rings. The summed E-state index contributed by atoms with van der Waals surface area (Å²) in [7, 11) is 0. The second kappa shape index (κ2) is 12.9. The topological polar surface area (TPSA) is 100 Å². The number of aliphatic imine (C=N–C) groups is 1. The molecule has 2 amide bonds. The highest BCUT2D eigenvalue weighted by molar-refractivity contribution is 6.00. The zero-order valence-corrected chi connectivity index (χ0v) is 31.2. The Morgan fingerprint density at radius 2 is 1.25 bits per heavy atom. The fraction of sp³-hybridized carbons (Fsp3) is 0.442. The highest BCUT2D eigenvalue weighted by Gasteiger charge is 2.37. The fourth-order valence-corrected chi connectivity index (χ4v) is 8.24. The largest absolute Gasteiger partial charge is 0.444 e. The van der Waals surface area contributed by atoms with Crippen molar-refractivity contribution < 1.29 is 19.1 Å². The predicted octanol–water partition coefficient (Wildman–Crippen LogP) is 9.61. The van der Waals surface area contributed by atoms with Gasteiger partial charge >= 0.3 is 12.2 Å². The molecule has 3 aliphatic heterocycles. The summed E-state index contributed by atoms with van der Waals surface area (Å²) < 4.78 is 11.4. The van der Waals surface area contributed by atoms with E-state index >= 15 is 0 Å². The molecule has 0 spiro atoms. The van der Waals surface area contributed by atoms with Crippen LogP contribution in [0.2, 0.25) is 0 Å². The van der Waals surface area contributed by atoms with Crippen LogP contribution in [0.3, 0.4) is 0 Å². The van der Waals surface area contributed by atoms with Crippen molar-refractivity contribution in [1.29, 1.82) is 0 Å². The first-order valence-corrected chi connectivity index (χ1v) is 18.8. The number of carbonyl (C=O) groups is 2. The number of aromatic nitrogens is 2. The summed E-state index contributed by atoms with van der Waals surface area (Å²) in [6.07, 6.45) is 7.74. The first-order chi connectivity index (χ1) is 24.8. The van der Waals surface area contributed by atoms with Gasteiger partial charge in [0.05, 0.1) is 29.7 Å².